The van der Waals surface area contributed by atoms with Gasteiger partial charge in [-0.25, -0.2) is 9.78 Å². The summed E-state index contributed by atoms with van der Waals surface area (Å²) in [7, 11) is 1.22. The number of anilines is 1. The van der Waals surface area contributed by atoms with Crippen LogP contribution < -0.4 is 5.32 Å². The van der Waals surface area contributed by atoms with Crippen LogP contribution >= 0.6 is 11.6 Å². The molecule has 0 aliphatic rings. The van der Waals surface area contributed by atoms with Gasteiger partial charge in [0.05, 0.1) is 29.0 Å². The van der Waals surface area contributed by atoms with Gasteiger partial charge in [-0.2, -0.15) is 13.2 Å². The van der Waals surface area contributed by atoms with Gasteiger partial charge in [-0.15, -0.1) is 0 Å². The van der Waals surface area contributed by atoms with Crippen molar-refractivity contribution in [2.24, 2.45) is 0 Å². The van der Waals surface area contributed by atoms with Crippen LogP contribution in [-0.4, -0.2) is 28.4 Å². The van der Waals surface area contributed by atoms with Crippen LogP contribution in [0.15, 0.2) is 36.5 Å². The smallest absolute Gasteiger partial charge is 0.417 e. The summed E-state index contributed by atoms with van der Waals surface area (Å²) in [4.78, 5) is 28.7. The molecule has 0 fully saturated rings. The van der Waals surface area contributed by atoms with Crippen molar-refractivity contribution in [1.82, 2.24) is 9.38 Å². The molecule has 0 spiro atoms. The molecule has 0 aliphatic carbocycles. The van der Waals surface area contributed by atoms with E-state index in [0.717, 1.165) is 16.7 Å². The van der Waals surface area contributed by atoms with Crippen molar-refractivity contribution in [2.75, 3.05) is 12.4 Å². The average molecular weight is 426 g/mol. The number of imidazole rings is 1. The molecule has 2 aromatic heterocycles. The lowest BCUT2D eigenvalue weighted by atomic mass is 10.2. The number of hydrogen-bond donors (Lipinski definition) is 1. The number of carbonyl (C=O) groups excluding carboxylic acids is 2. The molecule has 1 amide bonds. The lowest BCUT2D eigenvalue weighted by molar-refractivity contribution is -0.137. The second-order valence-electron chi connectivity index (χ2n) is 6.06. The van der Waals surface area contributed by atoms with Crippen LogP contribution in [0, 0.1) is 0 Å². The summed E-state index contributed by atoms with van der Waals surface area (Å²) >= 11 is 5.98. The van der Waals surface area contributed by atoms with Crippen molar-refractivity contribution in [3.05, 3.63) is 64.1 Å². The van der Waals surface area contributed by atoms with Crippen LogP contribution in [0.25, 0.3) is 5.65 Å². The van der Waals surface area contributed by atoms with E-state index in [1.54, 1.807) is 6.92 Å². The van der Waals surface area contributed by atoms with Gasteiger partial charge in [-0.3, -0.25) is 9.20 Å². The zero-order valence-electron chi connectivity index (χ0n) is 15.3. The number of pyridine rings is 1. The molecule has 0 radical (unpaired) electrons. The first-order valence-electron chi connectivity index (χ1n) is 8.43. The molecule has 0 atom stereocenters. The Bertz CT molecular complexity index is 1110. The maximum Gasteiger partial charge on any atom is 0.417 e. The minimum Gasteiger partial charge on any atom is -0.465 e. The maximum absolute atomic E-state index is 13.2. The van der Waals surface area contributed by atoms with Crippen LogP contribution in [0.5, 0.6) is 0 Å². The standard InChI is InChI=1S/C19H15ClF3N3O3/c1-3-14-15(17(27)24-12-6-4-5-10(7-12)18(28)29-2)26-9-11(19(21,22)23)8-13(20)16(26)25-14/h4-9H,3H2,1-2H3,(H,24,27). The number of amides is 1. The molecule has 0 aliphatic heterocycles. The highest BCUT2D eigenvalue weighted by atomic mass is 35.5. The molecule has 1 N–H and O–H groups in total. The predicted molar refractivity (Wildman–Crippen MR) is 100 cm³/mol. The van der Waals surface area contributed by atoms with Gasteiger partial charge in [0, 0.05) is 11.9 Å². The number of alkyl halides is 3. The van der Waals surface area contributed by atoms with Crippen molar-refractivity contribution in [2.45, 2.75) is 19.5 Å². The molecule has 0 bridgehead atoms. The molecule has 10 heteroatoms. The number of nitrogens with one attached hydrogen (secondary N) is 1. The Morgan fingerprint density at radius 2 is 2.00 bits per heavy atom. The second-order valence-corrected chi connectivity index (χ2v) is 6.46. The molecule has 0 saturated heterocycles. The molecule has 1 aromatic carbocycles. The fourth-order valence-corrected chi connectivity index (χ4v) is 3.08. The Hall–Kier alpha value is -3.07. The molecule has 29 heavy (non-hydrogen) atoms. The fraction of sp³-hybridized carbons (Fsp3) is 0.211. The molecule has 0 saturated carbocycles. The molecule has 152 valence electrons. The number of aryl methyl sites for hydroxylation is 1. The van der Waals surface area contributed by atoms with E-state index in [1.165, 1.54) is 31.4 Å². The molecular weight excluding hydrogens is 411 g/mol. The van der Waals surface area contributed by atoms with E-state index >= 15 is 0 Å². The van der Waals surface area contributed by atoms with Crippen LogP contribution in [0.2, 0.25) is 5.02 Å². The summed E-state index contributed by atoms with van der Waals surface area (Å²) in [5.41, 5.74) is -0.261. The van der Waals surface area contributed by atoms with Crippen molar-refractivity contribution < 1.29 is 27.5 Å². The van der Waals surface area contributed by atoms with Crippen LogP contribution in [0.3, 0.4) is 0 Å². The lowest BCUT2D eigenvalue weighted by Crippen LogP contribution is -2.17. The van der Waals surface area contributed by atoms with E-state index in [0.29, 0.717) is 6.42 Å². The monoisotopic (exact) mass is 425 g/mol. The minimum absolute atomic E-state index is 0.0463. The topological polar surface area (TPSA) is 72.7 Å². The van der Waals surface area contributed by atoms with E-state index in [1.807, 2.05) is 0 Å². The van der Waals surface area contributed by atoms with Gasteiger partial charge in [-0.05, 0) is 30.7 Å². The first kappa shape index (κ1) is 20.7. The molecule has 0 unspecified atom stereocenters. The third-order valence-corrected chi connectivity index (χ3v) is 4.44. The summed E-state index contributed by atoms with van der Waals surface area (Å²) in [5.74, 6) is -1.28. The Morgan fingerprint density at radius 3 is 2.62 bits per heavy atom. The predicted octanol–water partition coefficient (Wildman–Crippen LogP) is 4.61. The van der Waals surface area contributed by atoms with Crippen molar-refractivity contribution in [3.8, 4) is 0 Å². The second kappa shape index (κ2) is 7.75. The number of rotatable bonds is 4. The van der Waals surface area contributed by atoms with Crippen molar-refractivity contribution in [1.29, 1.82) is 0 Å². The third-order valence-electron chi connectivity index (χ3n) is 4.17. The molecular formula is C19H15ClF3N3O3. The van der Waals surface area contributed by atoms with Gasteiger partial charge in [0.25, 0.3) is 5.91 Å². The minimum atomic E-state index is -4.64. The Balaban J connectivity index is 2.07. The average Bonchev–Trinajstić information content (AvgIpc) is 3.06. The molecule has 6 nitrogen and oxygen atoms in total. The molecule has 2 heterocycles. The highest BCUT2D eigenvalue weighted by Crippen LogP contribution is 2.33. The Morgan fingerprint density at radius 1 is 1.28 bits per heavy atom. The van der Waals surface area contributed by atoms with Crippen LogP contribution in [0.1, 0.15) is 39.0 Å². The number of hydrogen-bond acceptors (Lipinski definition) is 4. The zero-order chi connectivity index (χ0) is 21.3. The SMILES string of the molecule is CCc1nc2c(Cl)cc(C(F)(F)F)cn2c1C(=O)Nc1cccc(C(=O)OC)c1. The number of benzene rings is 1. The number of methoxy groups -OCH3 is 1. The van der Waals surface area contributed by atoms with Gasteiger partial charge in [-0.1, -0.05) is 24.6 Å². The van der Waals surface area contributed by atoms with E-state index in [-0.39, 0.29) is 33.3 Å². The van der Waals surface area contributed by atoms with Crippen molar-refractivity contribution in [3.63, 3.8) is 0 Å². The van der Waals surface area contributed by atoms with Gasteiger partial charge in [0.1, 0.15) is 5.69 Å². The third kappa shape index (κ3) is 4.04. The highest BCUT2D eigenvalue weighted by Gasteiger charge is 2.33. The van der Waals surface area contributed by atoms with Crippen LogP contribution in [-0.2, 0) is 17.3 Å². The Kier molecular flexibility index (Phi) is 5.52. The number of carbonyl (C=O) groups is 2. The van der Waals surface area contributed by atoms with Gasteiger partial charge in [0.15, 0.2) is 5.65 Å². The normalized spacial score (nSPS) is 11.5. The summed E-state index contributed by atoms with van der Waals surface area (Å²) in [5, 5.41) is 2.36. The quantitative estimate of drug-likeness (QED) is 0.620. The number of halogens is 4. The summed E-state index contributed by atoms with van der Waals surface area (Å²) < 4.78 is 45.2. The summed E-state index contributed by atoms with van der Waals surface area (Å²) in [6.45, 7) is 1.72. The van der Waals surface area contributed by atoms with E-state index in [2.05, 4.69) is 15.0 Å². The molecule has 3 rings (SSSR count). The largest absolute Gasteiger partial charge is 0.465 e. The van der Waals surface area contributed by atoms with Crippen LogP contribution in [0.4, 0.5) is 18.9 Å². The van der Waals surface area contributed by atoms with E-state index in [4.69, 9.17) is 11.6 Å². The van der Waals surface area contributed by atoms with E-state index in [9.17, 15) is 22.8 Å². The van der Waals surface area contributed by atoms with Crippen molar-refractivity contribution >= 4 is 34.8 Å². The number of nitrogens with zero attached hydrogens (tertiary/aromatic N) is 2. The first-order valence-corrected chi connectivity index (χ1v) is 8.81. The highest BCUT2D eigenvalue weighted by molar-refractivity contribution is 6.33. The zero-order valence-corrected chi connectivity index (χ0v) is 16.1. The number of fused-ring (bicyclic) bond motifs is 1. The van der Waals surface area contributed by atoms with Gasteiger partial charge in [0.2, 0.25) is 0 Å². The number of esters is 1. The summed E-state index contributed by atoms with van der Waals surface area (Å²) in [6.07, 6.45) is -3.56. The number of aromatic nitrogens is 2. The summed E-state index contributed by atoms with van der Waals surface area (Å²) in [6, 6.07) is 6.74. The lowest BCUT2D eigenvalue weighted by Gasteiger charge is -2.11. The van der Waals surface area contributed by atoms with E-state index < -0.39 is 23.6 Å². The Labute approximate surface area is 168 Å². The number of ether oxygens (including phenoxy) is 1. The van der Waals surface area contributed by atoms with Gasteiger partial charge >= 0.3 is 12.1 Å². The molecule has 3 aromatic rings. The maximum atomic E-state index is 13.2. The fourth-order valence-electron chi connectivity index (χ4n) is 2.83. The van der Waals surface area contributed by atoms with Gasteiger partial charge < -0.3 is 10.1 Å². The first-order chi connectivity index (χ1) is 13.7.